The van der Waals surface area contributed by atoms with E-state index in [1.807, 2.05) is 12.1 Å². The van der Waals surface area contributed by atoms with Crippen LogP contribution in [0.15, 0.2) is 29.2 Å². The van der Waals surface area contributed by atoms with E-state index in [9.17, 15) is 8.42 Å². The van der Waals surface area contributed by atoms with E-state index in [1.54, 1.807) is 12.1 Å². The Bertz CT molecular complexity index is 669. The van der Waals surface area contributed by atoms with Gasteiger partial charge in [-0.3, -0.25) is 4.90 Å². The summed E-state index contributed by atoms with van der Waals surface area (Å²) >= 11 is 0. The van der Waals surface area contributed by atoms with Crippen molar-refractivity contribution in [2.75, 3.05) is 57.8 Å². The van der Waals surface area contributed by atoms with Crippen LogP contribution >= 0.6 is 12.4 Å². The molecule has 0 amide bonds. The number of nitrogens with zero attached hydrogens (tertiary/aromatic N) is 2. The molecule has 25 heavy (non-hydrogen) atoms. The van der Waals surface area contributed by atoms with Crippen molar-refractivity contribution in [1.82, 2.24) is 14.9 Å². The highest BCUT2D eigenvalue weighted by atomic mass is 35.5. The van der Waals surface area contributed by atoms with E-state index in [0.717, 1.165) is 51.5 Å². The van der Waals surface area contributed by atoms with Crippen molar-refractivity contribution in [1.29, 1.82) is 0 Å². The molecule has 0 radical (unpaired) electrons. The lowest BCUT2D eigenvalue weighted by Crippen LogP contribution is -2.50. The standard InChI is InChI=1S/C17H28N4O2S.ClH/c1-17(7-8-19-13-17)14-20-9-11-21(12-10-20)15-5-3-4-6-16(15)24(22,23)18-2;/h3-6,18-19H,7-14H2,1-2H3;1H. The number of piperazine rings is 1. The van der Waals surface area contributed by atoms with Gasteiger partial charge in [0.2, 0.25) is 10.0 Å². The third-order valence-corrected chi connectivity index (χ3v) is 6.66. The summed E-state index contributed by atoms with van der Waals surface area (Å²) in [6, 6.07) is 7.26. The average molecular weight is 389 g/mol. The van der Waals surface area contributed by atoms with Gasteiger partial charge in [0.05, 0.1) is 5.69 Å². The molecule has 1 aromatic rings. The molecule has 0 spiro atoms. The Morgan fingerprint density at radius 2 is 1.88 bits per heavy atom. The molecule has 2 heterocycles. The first kappa shape index (κ1) is 20.5. The molecule has 0 saturated carbocycles. The quantitative estimate of drug-likeness (QED) is 0.791. The second-order valence-corrected chi connectivity index (χ2v) is 9.03. The second kappa shape index (κ2) is 8.22. The van der Waals surface area contributed by atoms with Crippen LogP contribution in [0.25, 0.3) is 0 Å². The van der Waals surface area contributed by atoms with Crippen molar-refractivity contribution in [3.63, 3.8) is 0 Å². The summed E-state index contributed by atoms with van der Waals surface area (Å²) in [5.74, 6) is 0. The molecule has 0 aliphatic carbocycles. The van der Waals surface area contributed by atoms with Crippen LogP contribution in [0.5, 0.6) is 0 Å². The zero-order valence-electron chi connectivity index (χ0n) is 15.0. The molecular weight excluding hydrogens is 360 g/mol. The first-order valence-electron chi connectivity index (χ1n) is 8.64. The van der Waals surface area contributed by atoms with Gasteiger partial charge in [-0.25, -0.2) is 13.1 Å². The van der Waals surface area contributed by atoms with Crippen LogP contribution in [0.3, 0.4) is 0 Å². The molecular formula is C17H29ClN4O2S. The molecule has 1 atom stereocenters. The number of nitrogens with one attached hydrogen (secondary N) is 2. The number of hydrogen-bond acceptors (Lipinski definition) is 5. The summed E-state index contributed by atoms with van der Waals surface area (Å²) < 4.78 is 26.9. The van der Waals surface area contributed by atoms with Crippen LogP contribution in [0, 0.1) is 5.41 Å². The Morgan fingerprint density at radius 1 is 1.20 bits per heavy atom. The Balaban J connectivity index is 0.00000225. The molecule has 0 aromatic heterocycles. The van der Waals surface area contributed by atoms with Gasteiger partial charge >= 0.3 is 0 Å². The highest BCUT2D eigenvalue weighted by molar-refractivity contribution is 7.89. The molecule has 2 fully saturated rings. The summed E-state index contributed by atoms with van der Waals surface area (Å²) in [4.78, 5) is 5.07. The Morgan fingerprint density at radius 3 is 2.48 bits per heavy atom. The molecule has 2 aliphatic rings. The zero-order chi connectivity index (χ0) is 17.2. The molecule has 1 unspecified atom stereocenters. The van der Waals surface area contributed by atoms with Crippen molar-refractivity contribution in [2.45, 2.75) is 18.2 Å². The number of benzene rings is 1. The predicted octanol–water partition coefficient (Wildman–Crippen LogP) is 1.14. The molecule has 8 heteroatoms. The first-order chi connectivity index (χ1) is 11.4. The lowest BCUT2D eigenvalue weighted by molar-refractivity contribution is 0.169. The highest BCUT2D eigenvalue weighted by Crippen LogP contribution is 2.28. The highest BCUT2D eigenvalue weighted by Gasteiger charge is 2.32. The largest absolute Gasteiger partial charge is 0.368 e. The van der Waals surface area contributed by atoms with E-state index < -0.39 is 10.0 Å². The van der Waals surface area contributed by atoms with Crippen molar-refractivity contribution in [2.24, 2.45) is 5.41 Å². The van der Waals surface area contributed by atoms with Crippen LogP contribution in [-0.2, 0) is 10.0 Å². The zero-order valence-corrected chi connectivity index (χ0v) is 16.6. The van der Waals surface area contributed by atoms with E-state index in [-0.39, 0.29) is 12.4 Å². The maximum Gasteiger partial charge on any atom is 0.242 e. The van der Waals surface area contributed by atoms with Crippen molar-refractivity contribution in [3.05, 3.63) is 24.3 Å². The fourth-order valence-electron chi connectivity index (χ4n) is 3.75. The van der Waals surface area contributed by atoms with Gasteiger partial charge in [-0.2, -0.15) is 0 Å². The first-order valence-corrected chi connectivity index (χ1v) is 10.1. The summed E-state index contributed by atoms with van der Waals surface area (Å²) in [5.41, 5.74) is 1.18. The minimum atomic E-state index is -3.43. The molecule has 0 bridgehead atoms. The molecule has 2 aliphatic heterocycles. The van der Waals surface area contributed by atoms with Crippen molar-refractivity contribution < 1.29 is 8.42 Å². The molecule has 2 saturated heterocycles. The van der Waals surface area contributed by atoms with Crippen molar-refractivity contribution in [3.8, 4) is 0 Å². The third-order valence-electron chi connectivity index (χ3n) is 5.20. The van der Waals surface area contributed by atoms with E-state index in [0.29, 0.717) is 10.3 Å². The van der Waals surface area contributed by atoms with Gasteiger partial charge in [0.15, 0.2) is 0 Å². The fourth-order valence-corrected chi connectivity index (χ4v) is 4.70. The Labute approximate surface area is 157 Å². The summed E-state index contributed by atoms with van der Waals surface area (Å²) in [5, 5.41) is 3.46. The van der Waals surface area contributed by atoms with Gasteiger partial charge in [-0.1, -0.05) is 19.1 Å². The van der Waals surface area contributed by atoms with Gasteiger partial charge in [-0.05, 0) is 37.6 Å². The number of halogens is 1. The van der Waals surface area contributed by atoms with Crippen LogP contribution in [0.1, 0.15) is 13.3 Å². The molecule has 3 rings (SSSR count). The fraction of sp³-hybridized carbons (Fsp3) is 0.647. The van der Waals surface area contributed by atoms with Crippen LogP contribution in [0.4, 0.5) is 5.69 Å². The Hall–Kier alpha value is -0.860. The summed E-state index contributed by atoms with van der Waals surface area (Å²) in [7, 11) is -1.97. The maximum absolute atomic E-state index is 12.2. The summed E-state index contributed by atoms with van der Waals surface area (Å²) in [6.07, 6.45) is 1.23. The van der Waals surface area contributed by atoms with Gasteiger partial charge in [0.1, 0.15) is 4.90 Å². The van der Waals surface area contributed by atoms with Gasteiger partial charge in [0.25, 0.3) is 0 Å². The lowest BCUT2D eigenvalue weighted by atomic mass is 9.89. The Kier molecular flexibility index (Phi) is 6.73. The van der Waals surface area contributed by atoms with E-state index in [1.165, 1.54) is 13.5 Å². The maximum atomic E-state index is 12.2. The van der Waals surface area contributed by atoms with Crippen LogP contribution in [-0.4, -0.2) is 66.2 Å². The molecule has 2 N–H and O–H groups in total. The lowest BCUT2D eigenvalue weighted by Gasteiger charge is -2.40. The number of hydrogen-bond donors (Lipinski definition) is 2. The minimum absolute atomic E-state index is 0. The van der Waals surface area contributed by atoms with Crippen LogP contribution < -0.4 is 14.9 Å². The molecule has 142 valence electrons. The third kappa shape index (κ3) is 4.65. The van der Waals surface area contributed by atoms with Crippen molar-refractivity contribution >= 4 is 28.1 Å². The number of rotatable bonds is 5. The number of para-hydroxylation sites is 1. The van der Waals surface area contributed by atoms with Gasteiger partial charge in [0, 0.05) is 39.3 Å². The molecule has 6 nitrogen and oxygen atoms in total. The number of anilines is 1. The van der Waals surface area contributed by atoms with Gasteiger partial charge < -0.3 is 10.2 Å². The van der Waals surface area contributed by atoms with E-state index in [4.69, 9.17) is 0 Å². The monoisotopic (exact) mass is 388 g/mol. The van der Waals surface area contributed by atoms with E-state index in [2.05, 4.69) is 26.8 Å². The topological polar surface area (TPSA) is 64.7 Å². The second-order valence-electron chi connectivity index (χ2n) is 7.18. The summed E-state index contributed by atoms with van der Waals surface area (Å²) in [6.45, 7) is 9.35. The van der Waals surface area contributed by atoms with Gasteiger partial charge in [-0.15, -0.1) is 12.4 Å². The predicted molar refractivity (Wildman–Crippen MR) is 104 cm³/mol. The van der Waals surface area contributed by atoms with Crippen LogP contribution in [0.2, 0.25) is 0 Å². The average Bonchev–Trinajstić information content (AvgIpc) is 3.02. The normalized spacial score (nSPS) is 25.0. The molecule has 1 aromatic carbocycles. The minimum Gasteiger partial charge on any atom is -0.368 e. The SMILES string of the molecule is CNS(=O)(=O)c1ccccc1N1CCN(CC2(C)CCNC2)CC1.Cl. The smallest absolute Gasteiger partial charge is 0.242 e. The number of sulfonamides is 1. The van der Waals surface area contributed by atoms with E-state index >= 15 is 0 Å².